The predicted molar refractivity (Wildman–Crippen MR) is 88.2 cm³/mol. The van der Waals surface area contributed by atoms with Crippen LogP contribution in [0.3, 0.4) is 0 Å². The Bertz CT molecular complexity index is 551. The molecule has 21 heavy (non-hydrogen) atoms. The zero-order valence-electron chi connectivity index (χ0n) is 12.9. The van der Waals surface area contributed by atoms with Crippen molar-refractivity contribution in [3.8, 4) is 11.5 Å². The van der Waals surface area contributed by atoms with E-state index in [0.717, 1.165) is 18.0 Å². The SMILES string of the molecule is CCOc1ccccc1OCc1ccc(CNC(C)C)s1. The summed E-state index contributed by atoms with van der Waals surface area (Å²) >= 11 is 1.79. The van der Waals surface area contributed by atoms with Crippen LogP contribution < -0.4 is 14.8 Å². The van der Waals surface area contributed by atoms with Crippen molar-refractivity contribution in [2.24, 2.45) is 0 Å². The van der Waals surface area contributed by atoms with E-state index < -0.39 is 0 Å². The first kappa shape index (κ1) is 15.9. The molecule has 0 fully saturated rings. The van der Waals surface area contributed by atoms with Gasteiger partial charge in [0.1, 0.15) is 6.61 Å². The zero-order valence-corrected chi connectivity index (χ0v) is 13.7. The number of hydrogen-bond acceptors (Lipinski definition) is 4. The predicted octanol–water partition coefficient (Wildman–Crippen LogP) is 4.22. The number of nitrogens with one attached hydrogen (secondary N) is 1. The summed E-state index contributed by atoms with van der Waals surface area (Å²) in [7, 11) is 0. The molecule has 4 heteroatoms. The Morgan fingerprint density at radius 3 is 2.33 bits per heavy atom. The van der Waals surface area contributed by atoms with E-state index in [1.165, 1.54) is 9.75 Å². The summed E-state index contributed by atoms with van der Waals surface area (Å²) in [6.45, 7) is 8.42. The monoisotopic (exact) mass is 305 g/mol. The van der Waals surface area contributed by atoms with Crippen molar-refractivity contribution in [3.05, 3.63) is 46.2 Å². The van der Waals surface area contributed by atoms with Gasteiger partial charge in [0.15, 0.2) is 11.5 Å². The first-order chi connectivity index (χ1) is 10.2. The van der Waals surface area contributed by atoms with Crippen LogP contribution in [0.1, 0.15) is 30.5 Å². The molecule has 1 heterocycles. The highest BCUT2D eigenvalue weighted by molar-refractivity contribution is 7.11. The van der Waals surface area contributed by atoms with Crippen LogP contribution in [0.25, 0.3) is 0 Å². The highest BCUT2D eigenvalue weighted by Crippen LogP contribution is 2.28. The van der Waals surface area contributed by atoms with Crippen LogP contribution in [0, 0.1) is 0 Å². The molecule has 0 unspecified atom stereocenters. The second-order valence-corrected chi connectivity index (χ2v) is 6.32. The van der Waals surface area contributed by atoms with Gasteiger partial charge in [-0.25, -0.2) is 0 Å². The second kappa shape index (κ2) is 8.05. The van der Waals surface area contributed by atoms with E-state index in [-0.39, 0.29) is 0 Å². The minimum absolute atomic E-state index is 0.505. The topological polar surface area (TPSA) is 30.5 Å². The van der Waals surface area contributed by atoms with Crippen molar-refractivity contribution in [1.29, 1.82) is 0 Å². The lowest BCUT2D eigenvalue weighted by atomic mass is 10.3. The van der Waals surface area contributed by atoms with Crippen molar-refractivity contribution >= 4 is 11.3 Å². The zero-order chi connectivity index (χ0) is 15.1. The molecule has 2 aromatic rings. The van der Waals surface area contributed by atoms with Crippen molar-refractivity contribution < 1.29 is 9.47 Å². The second-order valence-electron chi connectivity index (χ2n) is 5.07. The van der Waals surface area contributed by atoms with E-state index in [0.29, 0.717) is 19.3 Å². The van der Waals surface area contributed by atoms with Gasteiger partial charge < -0.3 is 14.8 Å². The number of hydrogen-bond donors (Lipinski definition) is 1. The molecular weight excluding hydrogens is 282 g/mol. The van der Waals surface area contributed by atoms with Crippen molar-refractivity contribution in [3.63, 3.8) is 0 Å². The van der Waals surface area contributed by atoms with E-state index in [1.54, 1.807) is 11.3 Å². The van der Waals surface area contributed by atoms with Crippen LogP contribution in [0.4, 0.5) is 0 Å². The summed E-state index contributed by atoms with van der Waals surface area (Å²) in [4.78, 5) is 2.56. The summed E-state index contributed by atoms with van der Waals surface area (Å²) < 4.78 is 11.4. The van der Waals surface area contributed by atoms with Crippen molar-refractivity contribution in [1.82, 2.24) is 5.32 Å². The van der Waals surface area contributed by atoms with E-state index in [2.05, 4.69) is 31.3 Å². The molecule has 1 aromatic carbocycles. The third-order valence-electron chi connectivity index (χ3n) is 2.92. The van der Waals surface area contributed by atoms with Gasteiger partial charge in [-0.3, -0.25) is 0 Å². The first-order valence-electron chi connectivity index (χ1n) is 7.34. The van der Waals surface area contributed by atoms with Gasteiger partial charge in [-0.05, 0) is 31.2 Å². The molecule has 114 valence electrons. The molecule has 0 saturated heterocycles. The molecule has 3 nitrogen and oxygen atoms in total. The van der Waals surface area contributed by atoms with Crippen LogP contribution in [-0.4, -0.2) is 12.6 Å². The Kier molecular flexibility index (Phi) is 6.08. The lowest BCUT2D eigenvalue weighted by Gasteiger charge is -2.10. The van der Waals surface area contributed by atoms with Gasteiger partial charge in [0.05, 0.1) is 6.61 Å². The molecule has 0 aliphatic carbocycles. The molecule has 0 spiro atoms. The third kappa shape index (κ3) is 5.06. The maximum Gasteiger partial charge on any atom is 0.161 e. The summed E-state index contributed by atoms with van der Waals surface area (Å²) in [6.07, 6.45) is 0. The van der Waals surface area contributed by atoms with E-state index >= 15 is 0 Å². The number of rotatable bonds is 8. The van der Waals surface area contributed by atoms with Crippen molar-refractivity contribution in [2.45, 2.75) is 40.0 Å². The fourth-order valence-corrected chi connectivity index (χ4v) is 2.77. The van der Waals surface area contributed by atoms with E-state index in [4.69, 9.17) is 9.47 Å². The summed E-state index contributed by atoms with van der Waals surface area (Å²) in [6, 6.07) is 12.6. The highest BCUT2D eigenvalue weighted by atomic mass is 32.1. The molecule has 0 amide bonds. The van der Waals surface area contributed by atoms with Gasteiger partial charge in [-0.15, -0.1) is 11.3 Å². The normalized spacial score (nSPS) is 10.9. The van der Waals surface area contributed by atoms with E-state index in [1.807, 2.05) is 31.2 Å². The molecule has 0 atom stereocenters. The lowest BCUT2D eigenvalue weighted by Crippen LogP contribution is -2.21. The number of thiophene rings is 1. The summed E-state index contributed by atoms with van der Waals surface area (Å²) in [5.74, 6) is 1.60. The average Bonchev–Trinajstić information content (AvgIpc) is 2.92. The minimum atomic E-state index is 0.505. The van der Waals surface area contributed by atoms with Gasteiger partial charge >= 0.3 is 0 Å². The summed E-state index contributed by atoms with van der Waals surface area (Å²) in [5, 5.41) is 3.42. The number of benzene rings is 1. The molecular formula is C17H23NO2S. The standard InChI is InChI=1S/C17H23NO2S/c1-4-19-16-7-5-6-8-17(16)20-12-15-10-9-14(21-15)11-18-13(2)3/h5-10,13,18H,4,11-12H2,1-3H3. The Morgan fingerprint density at radius 1 is 1.00 bits per heavy atom. The lowest BCUT2D eigenvalue weighted by molar-refractivity contribution is 0.271. The van der Waals surface area contributed by atoms with Crippen LogP contribution in [0.15, 0.2) is 36.4 Å². The third-order valence-corrected chi connectivity index (χ3v) is 3.98. The Hall–Kier alpha value is -1.52. The van der Waals surface area contributed by atoms with E-state index in [9.17, 15) is 0 Å². The molecule has 1 N–H and O–H groups in total. The first-order valence-corrected chi connectivity index (χ1v) is 8.16. The van der Waals surface area contributed by atoms with Gasteiger partial charge in [-0.2, -0.15) is 0 Å². The maximum atomic E-state index is 5.88. The van der Waals surface area contributed by atoms with Gasteiger partial charge in [-0.1, -0.05) is 26.0 Å². The molecule has 0 bridgehead atoms. The quantitative estimate of drug-likeness (QED) is 0.792. The smallest absolute Gasteiger partial charge is 0.161 e. The Morgan fingerprint density at radius 2 is 1.67 bits per heavy atom. The molecule has 0 radical (unpaired) electrons. The number of para-hydroxylation sites is 2. The summed E-state index contributed by atoms with van der Waals surface area (Å²) in [5.41, 5.74) is 0. The fourth-order valence-electron chi connectivity index (χ4n) is 1.89. The molecule has 0 saturated carbocycles. The Labute approximate surface area is 130 Å². The van der Waals surface area contributed by atoms with Crippen LogP contribution >= 0.6 is 11.3 Å². The molecule has 0 aliphatic rings. The molecule has 2 rings (SSSR count). The van der Waals surface area contributed by atoms with Gasteiger partial charge in [0.25, 0.3) is 0 Å². The number of ether oxygens (including phenoxy) is 2. The molecule has 1 aromatic heterocycles. The molecule has 0 aliphatic heterocycles. The maximum absolute atomic E-state index is 5.88. The minimum Gasteiger partial charge on any atom is -0.490 e. The highest BCUT2D eigenvalue weighted by Gasteiger charge is 2.06. The fraction of sp³-hybridized carbons (Fsp3) is 0.412. The van der Waals surface area contributed by atoms with Crippen LogP contribution in [0.5, 0.6) is 11.5 Å². The van der Waals surface area contributed by atoms with Gasteiger partial charge in [0, 0.05) is 22.3 Å². The van der Waals surface area contributed by atoms with Crippen LogP contribution in [0.2, 0.25) is 0 Å². The van der Waals surface area contributed by atoms with Crippen LogP contribution in [-0.2, 0) is 13.2 Å². The largest absolute Gasteiger partial charge is 0.490 e. The van der Waals surface area contributed by atoms with Crippen molar-refractivity contribution in [2.75, 3.05) is 6.61 Å². The van der Waals surface area contributed by atoms with Gasteiger partial charge in [0.2, 0.25) is 0 Å². The Balaban J connectivity index is 1.91. The average molecular weight is 305 g/mol.